The predicted molar refractivity (Wildman–Crippen MR) is 117 cm³/mol. The Morgan fingerprint density at radius 3 is 2.65 bits per heavy atom. The van der Waals surface area contributed by atoms with E-state index in [1.807, 2.05) is 14.0 Å². The molecule has 2 aromatic carbocycles. The van der Waals surface area contributed by atoms with Crippen LogP contribution in [0.2, 0.25) is 0 Å². The van der Waals surface area contributed by atoms with E-state index >= 15 is 0 Å². The Hall–Kier alpha value is -3.40. The molecule has 0 aliphatic rings. The van der Waals surface area contributed by atoms with E-state index in [1.165, 1.54) is 13.2 Å². The Balaban J connectivity index is 1.79. The van der Waals surface area contributed by atoms with Crippen LogP contribution < -0.4 is 14.8 Å². The number of ether oxygens (including phenoxy) is 1. The average molecular weight is 444 g/mol. The zero-order valence-electron chi connectivity index (χ0n) is 17.8. The van der Waals surface area contributed by atoms with E-state index in [2.05, 4.69) is 20.2 Å². The van der Waals surface area contributed by atoms with Gasteiger partial charge >= 0.3 is 0 Å². The lowest BCUT2D eigenvalue weighted by molar-refractivity contribution is 0.0951. The number of aromatic nitrogens is 3. The van der Waals surface area contributed by atoms with Crippen molar-refractivity contribution < 1.29 is 17.9 Å². The van der Waals surface area contributed by atoms with E-state index < -0.39 is 10.0 Å². The van der Waals surface area contributed by atoms with Crippen molar-refractivity contribution in [2.75, 3.05) is 18.4 Å². The molecule has 1 heterocycles. The van der Waals surface area contributed by atoms with Crippen molar-refractivity contribution in [3.8, 4) is 5.75 Å². The van der Waals surface area contributed by atoms with Crippen LogP contribution in [0.1, 0.15) is 34.6 Å². The molecule has 31 heavy (non-hydrogen) atoms. The van der Waals surface area contributed by atoms with Crippen LogP contribution in [-0.2, 0) is 17.1 Å². The fourth-order valence-electron chi connectivity index (χ4n) is 3.14. The Labute approximate surface area is 181 Å². The Bertz CT molecular complexity index is 1190. The standard InChI is InChI=1S/C21H25N5O4S/c1-14-9-10-16(21(27)22-12-15(2)20-24-23-13-26(20)3)11-19(14)31(28,29)25-17-7-5-6-8-18(17)30-4/h5-11,13,15,25H,12H2,1-4H3,(H,22,27)/t15-/m0/s1. The van der Waals surface area contributed by atoms with Crippen LogP contribution in [0.3, 0.4) is 0 Å². The number of sulfonamides is 1. The van der Waals surface area contributed by atoms with Gasteiger partial charge in [-0.1, -0.05) is 25.1 Å². The van der Waals surface area contributed by atoms with Crippen molar-refractivity contribution in [2.45, 2.75) is 24.7 Å². The third-order valence-corrected chi connectivity index (χ3v) is 6.35. The molecule has 3 aromatic rings. The molecule has 1 amide bonds. The third kappa shape index (κ3) is 5.02. The highest BCUT2D eigenvalue weighted by Crippen LogP contribution is 2.27. The molecule has 0 saturated heterocycles. The van der Waals surface area contributed by atoms with E-state index in [1.54, 1.807) is 54.2 Å². The molecule has 0 aliphatic heterocycles. The van der Waals surface area contributed by atoms with Gasteiger partial charge in [0, 0.05) is 25.1 Å². The zero-order chi connectivity index (χ0) is 22.6. The van der Waals surface area contributed by atoms with Gasteiger partial charge in [0.1, 0.15) is 17.9 Å². The van der Waals surface area contributed by atoms with Crippen LogP contribution in [0.25, 0.3) is 0 Å². The molecule has 0 saturated carbocycles. The van der Waals surface area contributed by atoms with Gasteiger partial charge in [0.2, 0.25) is 0 Å². The number of hydrogen-bond donors (Lipinski definition) is 2. The lowest BCUT2D eigenvalue weighted by Crippen LogP contribution is -2.28. The minimum absolute atomic E-state index is 0.0207. The van der Waals surface area contributed by atoms with Crippen LogP contribution >= 0.6 is 0 Å². The quantitative estimate of drug-likeness (QED) is 0.553. The fraction of sp³-hybridized carbons (Fsp3) is 0.286. The smallest absolute Gasteiger partial charge is 0.262 e. The maximum atomic E-state index is 13.0. The number of para-hydroxylation sites is 2. The monoisotopic (exact) mass is 443 g/mol. The highest BCUT2D eigenvalue weighted by atomic mass is 32.2. The number of nitrogens with zero attached hydrogens (tertiary/aromatic N) is 3. The summed E-state index contributed by atoms with van der Waals surface area (Å²) in [6.07, 6.45) is 1.60. The molecule has 0 fully saturated rings. The second kappa shape index (κ2) is 9.17. The second-order valence-electron chi connectivity index (χ2n) is 7.20. The van der Waals surface area contributed by atoms with E-state index in [0.717, 1.165) is 5.82 Å². The number of nitrogens with one attached hydrogen (secondary N) is 2. The minimum Gasteiger partial charge on any atom is -0.495 e. The SMILES string of the molecule is COc1ccccc1NS(=O)(=O)c1cc(C(=O)NC[C@H](C)c2nncn2C)ccc1C. The third-order valence-electron chi connectivity index (χ3n) is 4.85. The lowest BCUT2D eigenvalue weighted by Gasteiger charge is -2.15. The van der Waals surface area contributed by atoms with Gasteiger partial charge in [-0.15, -0.1) is 10.2 Å². The van der Waals surface area contributed by atoms with E-state index in [4.69, 9.17) is 4.74 Å². The summed E-state index contributed by atoms with van der Waals surface area (Å²) in [6, 6.07) is 11.3. The first kappa shape index (κ1) is 22.3. The van der Waals surface area contributed by atoms with Crippen molar-refractivity contribution in [1.29, 1.82) is 0 Å². The van der Waals surface area contributed by atoms with Gasteiger partial charge in [-0.05, 0) is 36.8 Å². The molecule has 3 rings (SSSR count). The van der Waals surface area contributed by atoms with Crippen LogP contribution in [0, 0.1) is 6.92 Å². The van der Waals surface area contributed by atoms with Crippen molar-refractivity contribution in [3.63, 3.8) is 0 Å². The van der Waals surface area contributed by atoms with E-state index in [0.29, 0.717) is 23.5 Å². The minimum atomic E-state index is -3.94. The molecule has 0 bridgehead atoms. The fourth-order valence-corrected chi connectivity index (χ4v) is 4.48. The molecular formula is C21H25N5O4S. The molecular weight excluding hydrogens is 418 g/mol. The van der Waals surface area contributed by atoms with Gasteiger partial charge in [0.25, 0.3) is 15.9 Å². The van der Waals surface area contributed by atoms with Gasteiger partial charge in [-0.25, -0.2) is 8.42 Å². The average Bonchev–Trinajstić information content (AvgIpc) is 3.18. The van der Waals surface area contributed by atoms with Gasteiger partial charge in [0.05, 0.1) is 17.7 Å². The molecule has 0 radical (unpaired) electrons. The zero-order valence-corrected chi connectivity index (χ0v) is 18.6. The van der Waals surface area contributed by atoms with Crippen molar-refractivity contribution in [2.24, 2.45) is 7.05 Å². The van der Waals surface area contributed by atoms with Gasteiger partial charge in [-0.2, -0.15) is 0 Å². The highest BCUT2D eigenvalue weighted by molar-refractivity contribution is 7.92. The number of hydrogen-bond acceptors (Lipinski definition) is 6. The predicted octanol–water partition coefficient (Wildman–Crippen LogP) is 2.47. The largest absolute Gasteiger partial charge is 0.495 e. The number of carbonyl (C=O) groups is 1. The van der Waals surface area contributed by atoms with E-state index in [9.17, 15) is 13.2 Å². The van der Waals surface area contributed by atoms with Crippen LogP contribution in [-0.4, -0.2) is 42.7 Å². The topological polar surface area (TPSA) is 115 Å². The first-order valence-corrected chi connectivity index (χ1v) is 11.1. The van der Waals surface area contributed by atoms with E-state index in [-0.39, 0.29) is 22.3 Å². The van der Waals surface area contributed by atoms with Crippen molar-refractivity contribution >= 4 is 21.6 Å². The maximum absolute atomic E-state index is 13.0. The van der Waals surface area contributed by atoms with Crippen LogP contribution in [0.15, 0.2) is 53.7 Å². The van der Waals surface area contributed by atoms with Gasteiger partial charge < -0.3 is 14.6 Å². The molecule has 2 N–H and O–H groups in total. The first-order valence-electron chi connectivity index (χ1n) is 9.61. The summed E-state index contributed by atoms with van der Waals surface area (Å²) in [7, 11) is -0.640. The summed E-state index contributed by atoms with van der Waals surface area (Å²) in [6.45, 7) is 3.93. The molecule has 0 unspecified atom stereocenters. The number of carbonyl (C=O) groups excluding carboxylic acids is 1. The Kier molecular flexibility index (Phi) is 6.59. The molecule has 0 aliphatic carbocycles. The molecule has 1 atom stereocenters. The molecule has 1 aromatic heterocycles. The first-order chi connectivity index (χ1) is 14.7. The van der Waals surface area contributed by atoms with Crippen molar-refractivity contribution in [1.82, 2.24) is 20.1 Å². The number of amides is 1. The normalized spacial score (nSPS) is 12.3. The van der Waals surface area contributed by atoms with Crippen molar-refractivity contribution in [3.05, 3.63) is 65.7 Å². The van der Waals surface area contributed by atoms with Gasteiger partial charge in [0.15, 0.2) is 0 Å². The summed E-state index contributed by atoms with van der Waals surface area (Å²) in [5.41, 5.74) is 1.08. The lowest BCUT2D eigenvalue weighted by atomic mass is 10.1. The number of aryl methyl sites for hydroxylation is 2. The number of methoxy groups -OCH3 is 1. The molecule has 10 heteroatoms. The Morgan fingerprint density at radius 2 is 1.97 bits per heavy atom. The highest BCUT2D eigenvalue weighted by Gasteiger charge is 2.21. The summed E-state index contributed by atoms with van der Waals surface area (Å²) < 4.78 is 35.5. The van der Waals surface area contributed by atoms with Crippen LogP contribution in [0.5, 0.6) is 5.75 Å². The summed E-state index contributed by atoms with van der Waals surface area (Å²) in [5.74, 6) is 0.712. The number of benzene rings is 2. The summed E-state index contributed by atoms with van der Waals surface area (Å²) >= 11 is 0. The number of anilines is 1. The molecule has 0 spiro atoms. The second-order valence-corrected chi connectivity index (χ2v) is 8.85. The van der Waals surface area contributed by atoms with Crippen LogP contribution in [0.4, 0.5) is 5.69 Å². The summed E-state index contributed by atoms with van der Waals surface area (Å²) in [4.78, 5) is 12.7. The molecule has 164 valence electrons. The van der Waals surface area contributed by atoms with Gasteiger partial charge in [-0.3, -0.25) is 9.52 Å². The number of rotatable bonds is 8. The Morgan fingerprint density at radius 1 is 1.23 bits per heavy atom. The summed E-state index contributed by atoms with van der Waals surface area (Å²) in [5, 5.41) is 10.7. The molecule has 9 nitrogen and oxygen atoms in total. The maximum Gasteiger partial charge on any atom is 0.262 e.